The van der Waals surface area contributed by atoms with Gasteiger partial charge in [-0.3, -0.25) is 4.79 Å². The van der Waals surface area contributed by atoms with E-state index in [0.717, 1.165) is 0 Å². The van der Waals surface area contributed by atoms with E-state index >= 15 is 0 Å². The molecule has 0 amide bonds. The monoisotopic (exact) mass is 192 g/mol. The molecule has 0 spiro atoms. The van der Waals surface area contributed by atoms with E-state index in [4.69, 9.17) is 10.2 Å². The van der Waals surface area contributed by atoms with Crippen LogP contribution < -0.4 is 29.6 Å². The first-order valence-corrected chi connectivity index (χ1v) is 2.94. The Bertz CT molecular complexity index is 74.9. The fraction of sp³-hybridized carbons (Fsp3) is 0.500. The van der Waals surface area contributed by atoms with Crippen LogP contribution in [-0.4, -0.2) is 27.4 Å². The van der Waals surface area contributed by atoms with Crippen LogP contribution in [0.5, 0.6) is 0 Å². The van der Waals surface area contributed by atoms with Crippen LogP contribution in [0.25, 0.3) is 0 Å². The molecule has 0 heterocycles. The van der Waals surface area contributed by atoms with E-state index in [1.807, 2.05) is 0 Å². The largest absolute Gasteiger partial charge is 1.00 e. The van der Waals surface area contributed by atoms with Gasteiger partial charge in [-0.05, 0) is 6.10 Å². The number of rotatable bonds is 1. The number of aliphatic hydroxyl groups is 2. The van der Waals surface area contributed by atoms with Crippen LogP contribution in [-0.2, 0) is 0 Å². The van der Waals surface area contributed by atoms with Crippen LogP contribution in [0.3, 0.4) is 0 Å². The van der Waals surface area contributed by atoms with Gasteiger partial charge in [0, 0.05) is 6.61 Å². The second kappa shape index (κ2) is 12.9. The first kappa shape index (κ1) is 17.4. The second-order valence-electron chi connectivity index (χ2n) is 1.12. The van der Waals surface area contributed by atoms with Crippen molar-refractivity contribution < 1.29 is 44.6 Å². The van der Waals surface area contributed by atoms with Gasteiger partial charge in [-0.2, -0.15) is 0 Å². The summed E-state index contributed by atoms with van der Waals surface area (Å²) in [5, 5.41) is 15.8. The van der Waals surface area contributed by atoms with Crippen molar-refractivity contribution in [2.75, 3.05) is 6.61 Å². The molecule has 0 aliphatic heterocycles. The molecule has 0 aromatic carbocycles. The number of thiol groups is 2. The van der Waals surface area contributed by atoms with E-state index in [9.17, 15) is 4.79 Å². The first-order valence-electron chi connectivity index (χ1n) is 2.04. The molecule has 3 nitrogen and oxygen atoms in total. The van der Waals surface area contributed by atoms with E-state index in [2.05, 4.69) is 32.2 Å². The van der Waals surface area contributed by atoms with Crippen LogP contribution in [0, 0.1) is 6.92 Å². The average molecular weight is 192 g/mol. The molecule has 0 aromatic heterocycles. The summed E-state index contributed by atoms with van der Waals surface area (Å²) in [7, 11) is 0. The second-order valence-corrected chi connectivity index (χ2v) is 2.28. The van der Waals surface area contributed by atoms with Gasteiger partial charge in [-0.25, -0.2) is 0 Å². The van der Waals surface area contributed by atoms with Crippen molar-refractivity contribution in [3.05, 3.63) is 6.92 Å². The molecule has 10 heavy (non-hydrogen) atoms. The molecular weight excluding hydrogens is 183 g/mol. The van der Waals surface area contributed by atoms with E-state index in [-0.39, 0.29) is 36.2 Å². The Hall–Kier alpha value is 1.29. The molecule has 2 N–H and O–H groups in total. The van der Waals surface area contributed by atoms with Crippen molar-refractivity contribution in [3.8, 4) is 0 Å². The molecule has 0 fully saturated rings. The van der Waals surface area contributed by atoms with Gasteiger partial charge in [-0.15, -0.1) is 0 Å². The summed E-state index contributed by atoms with van der Waals surface area (Å²) in [5.41, 5.74) is 0. The number of hydrogen-bond acceptors (Lipinski definition) is 3. The van der Waals surface area contributed by atoms with Crippen molar-refractivity contribution >= 4 is 29.7 Å². The minimum atomic E-state index is -0.810. The summed E-state index contributed by atoms with van der Waals surface area (Å²) < 4.78 is -0.444. The van der Waals surface area contributed by atoms with Gasteiger partial charge < -0.3 is 17.1 Å². The Kier molecular flexibility index (Phi) is 22.5. The Balaban J connectivity index is -0.0000000910. The normalized spacial score (nSPS) is 10.1. The Morgan fingerprint density at radius 2 is 1.70 bits per heavy atom. The fourth-order valence-electron chi connectivity index (χ4n) is 0. The minimum Gasteiger partial charge on any atom is -0.423 e. The molecular formula is C4H9NaO3S2. The van der Waals surface area contributed by atoms with Crippen molar-refractivity contribution in [3.63, 3.8) is 0 Å². The summed E-state index contributed by atoms with van der Waals surface area (Å²) >= 11 is 6.38. The third kappa shape index (κ3) is 59.0. The Morgan fingerprint density at radius 3 is 1.70 bits per heavy atom. The van der Waals surface area contributed by atoms with Crippen LogP contribution in [0.1, 0.15) is 0 Å². The maximum atomic E-state index is 9.17. The molecule has 56 valence electrons. The maximum Gasteiger partial charge on any atom is 1.00 e. The van der Waals surface area contributed by atoms with E-state index in [0.29, 0.717) is 0 Å². The first-order chi connectivity index (χ1) is 4.00. The molecule has 0 aliphatic carbocycles. The van der Waals surface area contributed by atoms with Crippen molar-refractivity contribution in [1.82, 2.24) is 0 Å². The topological polar surface area (TPSA) is 57.5 Å². The third-order valence-electron chi connectivity index (χ3n) is 0.211. The molecule has 0 saturated carbocycles. The zero-order valence-electron chi connectivity index (χ0n) is 5.69. The molecule has 0 aliphatic rings. The van der Waals surface area contributed by atoms with Crippen LogP contribution >= 0.6 is 25.3 Å². The van der Waals surface area contributed by atoms with Gasteiger partial charge in [0.1, 0.15) is 0 Å². The summed E-state index contributed by atoms with van der Waals surface area (Å²) in [5.74, 6) is 0. The van der Waals surface area contributed by atoms with Gasteiger partial charge in [0.05, 0.1) is 0 Å². The standard InChI is InChI=1S/C3H7O2.CH2OS2.Na/c1-3(5)2-4;2-1(3)4;/h3-5H,1-2H2;(H2,2,3,4);/q-1;;+1. The van der Waals surface area contributed by atoms with E-state index in [1.165, 1.54) is 0 Å². The summed E-state index contributed by atoms with van der Waals surface area (Å²) in [6.45, 7) is 2.81. The van der Waals surface area contributed by atoms with Gasteiger partial charge in [0.15, 0.2) is 0 Å². The Morgan fingerprint density at radius 1 is 1.60 bits per heavy atom. The molecule has 0 saturated heterocycles. The SMILES string of the molecule is O=C(S)S.[CH2-]C(O)CO.[Na+]. The van der Waals surface area contributed by atoms with Crippen LogP contribution in [0.2, 0.25) is 0 Å². The molecule has 0 radical (unpaired) electrons. The van der Waals surface area contributed by atoms with Crippen molar-refractivity contribution in [1.29, 1.82) is 0 Å². The smallest absolute Gasteiger partial charge is 0.423 e. The van der Waals surface area contributed by atoms with Crippen molar-refractivity contribution in [2.24, 2.45) is 0 Å². The zero-order valence-corrected chi connectivity index (χ0v) is 9.48. The quantitative estimate of drug-likeness (QED) is 0.205. The predicted molar refractivity (Wildman–Crippen MR) is 41.8 cm³/mol. The van der Waals surface area contributed by atoms with Gasteiger partial charge in [-0.1, -0.05) is 25.3 Å². The summed E-state index contributed by atoms with van der Waals surface area (Å²) in [6, 6.07) is 0. The minimum absolute atomic E-state index is 0. The maximum absolute atomic E-state index is 9.17. The van der Waals surface area contributed by atoms with Crippen molar-refractivity contribution in [2.45, 2.75) is 6.10 Å². The molecule has 0 aromatic rings. The molecule has 6 heteroatoms. The Labute approximate surface area is 93.3 Å². The van der Waals surface area contributed by atoms with Crippen LogP contribution in [0.4, 0.5) is 4.79 Å². The molecule has 1 atom stereocenters. The number of carbonyl (C=O) groups is 1. The average Bonchev–Trinajstić information content (AvgIpc) is 1.65. The van der Waals surface area contributed by atoms with Crippen LogP contribution in [0.15, 0.2) is 0 Å². The third-order valence-corrected chi connectivity index (χ3v) is 0.211. The number of aliphatic hydroxyl groups excluding tert-OH is 2. The summed E-state index contributed by atoms with van der Waals surface area (Å²) in [6.07, 6.45) is -0.810. The molecule has 1 unspecified atom stereocenters. The fourth-order valence-corrected chi connectivity index (χ4v) is 0. The van der Waals surface area contributed by atoms with E-state index < -0.39 is 10.6 Å². The number of hydrogen-bond donors (Lipinski definition) is 4. The molecule has 0 bridgehead atoms. The number of carbonyl (C=O) groups excluding carboxylic acids is 1. The molecule has 0 rings (SSSR count). The predicted octanol–water partition coefficient (Wildman–Crippen LogP) is -2.86. The zero-order chi connectivity index (χ0) is 7.86. The van der Waals surface area contributed by atoms with E-state index in [1.54, 1.807) is 0 Å². The van der Waals surface area contributed by atoms with Gasteiger partial charge >= 0.3 is 29.6 Å². The van der Waals surface area contributed by atoms with Gasteiger partial charge in [0.25, 0.3) is 0 Å². The van der Waals surface area contributed by atoms with Gasteiger partial charge in [0.2, 0.25) is 4.45 Å². The summed E-state index contributed by atoms with van der Waals surface area (Å²) in [4.78, 5) is 9.17.